The minimum absolute atomic E-state index is 0.109. The summed E-state index contributed by atoms with van der Waals surface area (Å²) in [4.78, 5) is 38.2. The molecule has 0 N–H and O–H groups in total. The monoisotopic (exact) mass is 1010 g/mol. The first kappa shape index (κ1) is 68.8. The van der Waals surface area contributed by atoms with Crippen molar-refractivity contribution in [2.75, 3.05) is 13.2 Å². The molecule has 0 aromatic carbocycles. The molecule has 6 heteroatoms. The first-order chi connectivity index (χ1) is 36.0. The van der Waals surface area contributed by atoms with Crippen molar-refractivity contribution in [1.29, 1.82) is 0 Å². The van der Waals surface area contributed by atoms with Crippen molar-refractivity contribution < 1.29 is 28.6 Å². The van der Waals surface area contributed by atoms with Crippen molar-refractivity contribution >= 4 is 17.9 Å². The van der Waals surface area contributed by atoms with E-state index in [9.17, 15) is 14.4 Å². The Morgan fingerprint density at radius 3 is 1.00 bits per heavy atom. The zero-order chi connectivity index (χ0) is 52.9. The van der Waals surface area contributed by atoms with E-state index >= 15 is 0 Å². The van der Waals surface area contributed by atoms with Crippen LogP contribution in [-0.4, -0.2) is 37.2 Å². The van der Waals surface area contributed by atoms with Crippen LogP contribution in [0.4, 0.5) is 0 Å². The summed E-state index contributed by atoms with van der Waals surface area (Å²) in [5.41, 5.74) is 0. The molecule has 0 rings (SSSR count). The molecule has 6 nitrogen and oxygen atoms in total. The minimum atomic E-state index is -0.818. The molecule has 0 aromatic rings. The maximum absolute atomic E-state index is 12.9. The fourth-order valence-corrected chi connectivity index (χ4v) is 7.96. The van der Waals surface area contributed by atoms with Crippen molar-refractivity contribution in [3.05, 3.63) is 122 Å². The van der Waals surface area contributed by atoms with Crippen molar-refractivity contribution in [3.63, 3.8) is 0 Å². The van der Waals surface area contributed by atoms with Gasteiger partial charge in [0, 0.05) is 19.3 Å². The van der Waals surface area contributed by atoms with E-state index < -0.39 is 6.10 Å². The predicted octanol–water partition coefficient (Wildman–Crippen LogP) is 20.4. The number of esters is 3. The summed E-state index contributed by atoms with van der Waals surface area (Å²) < 4.78 is 16.8. The third-order valence-corrected chi connectivity index (χ3v) is 12.5. The van der Waals surface area contributed by atoms with Gasteiger partial charge in [-0.15, -0.1) is 0 Å². The summed E-state index contributed by atoms with van der Waals surface area (Å²) in [5.74, 6) is -1.01. The molecule has 414 valence electrons. The van der Waals surface area contributed by atoms with Gasteiger partial charge in [0.2, 0.25) is 0 Å². The molecular weight excluding hydrogens is 901 g/mol. The van der Waals surface area contributed by atoms with E-state index in [4.69, 9.17) is 14.2 Å². The standard InChI is InChI=1S/C67H110O6/c1-4-7-10-13-16-19-22-25-28-31-33-36-39-42-45-48-51-54-57-60-66(69)72-63-64(62-71-65(68)59-56-53-50-47-44-41-38-35-30-27-24-21-18-15-12-9-6-3)73-67(70)61-58-55-52-49-46-43-40-37-34-32-29-26-23-20-17-14-11-8-5-2/h7,10,16-21,23,25-28,30,33,36,42,45,51,54,64H,4-6,8-9,11-15,22,24,29,31-32,34-35,37-41,43-44,46-50,52-53,55-63H2,1-3H3/b10-7-,19-16-,20-17-,21-18-,26-23-,28-25-,30-27-,36-33-,45-42-,54-51-. The van der Waals surface area contributed by atoms with Crippen molar-refractivity contribution in [3.8, 4) is 0 Å². The Balaban J connectivity index is 4.52. The molecule has 1 unspecified atom stereocenters. The molecule has 0 aromatic heterocycles. The Labute approximate surface area is 450 Å². The van der Waals surface area contributed by atoms with E-state index in [1.807, 2.05) is 6.08 Å². The van der Waals surface area contributed by atoms with Gasteiger partial charge in [0.25, 0.3) is 0 Å². The Morgan fingerprint density at radius 1 is 0.301 bits per heavy atom. The lowest BCUT2D eigenvalue weighted by Gasteiger charge is -2.18. The maximum atomic E-state index is 12.9. The molecule has 0 aliphatic carbocycles. The number of hydrogen-bond acceptors (Lipinski definition) is 6. The van der Waals surface area contributed by atoms with Gasteiger partial charge in [-0.05, 0) is 116 Å². The number of hydrogen-bond donors (Lipinski definition) is 0. The van der Waals surface area contributed by atoms with E-state index in [-0.39, 0.29) is 37.5 Å². The Morgan fingerprint density at radius 2 is 0.603 bits per heavy atom. The van der Waals surface area contributed by atoms with Gasteiger partial charge in [-0.25, -0.2) is 0 Å². The van der Waals surface area contributed by atoms with Gasteiger partial charge in [0.15, 0.2) is 6.10 Å². The highest BCUT2D eigenvalue weighted by Gasteiger charge is 2.19. The van der Waals surface area contributed by atoms with E-state index in [0.717, 1.165) is 89.9 Å². The largest absolute Gasteiger partial charge is 0.462 e. The summed E-state index contributed by atoms with van der Waals surface area (Å²) in [6, 6.07) is 0. The molecule has 0 fully saturated rings. The first-order valence-electron chi connectivity index (χ1n) is 30.1. The Kier molecular flexibility index (Phi) is 56.9. The second-order valence-electron chi connectivity index (χ2n) is 19.5. The van der Waals surface area contributed by atoms with Crippen LogP contribution >= 0.6 is 0 Å². The maximum Gasteiger partial charge on any atom is 0.306 e. The lowest BCUT2D eigenvalue weighted by molar-refractivity contribution is -0.166. The number of carbonyl (C=O) groups excluding carboxylic acids is 3. The summed E-state index contributed by atoms with van der Waals surface area (Å²) in [5, 5.41) is 0. The highest BCUT2D eigenvalue weighted by molar-refractivity contribution is 5.71. The van der Waals surface area contributed by atoms with Crippen LogP contribution in [0.15, 0.2) is 122 Å². The summed E-state index contributed by atoms with van der Waals surface area (Å²) in [6.07, 6.45) is 83.4. The van der Waals surface area contributed by atoms with E-state index in [0.29, 0.717) is 19.3 Å². The highest BCUT2D eigenvalue weighted by Crippen LogP contribution is 2.15. The first-order valence-corrected chi connectivity index (χ1v) is 30.1. The van der Waals surface area contributed by atoms with Crippen molar-refractivity contribution in [1.82, 2.24) is 0 Å². The molecule has 0 aliphatic rings. The van der Waals surface area contributed by atoms with Gasteiger partial charge in [-0.1, -0.05) is 251 Å². The molecule has 1 atom stereocenters. The van der Waals surface area contributed by atoms with Gasteiger partial charge in [0.05, 0.1) is 0 Å². The fourth-order valence-electron chi connectivity index (χ4n) is 7.96. The zero-order valence-electron chi connectivity index (χ0n) is 47.4. The van der Waals surface area contributed by atoms with E-state index in [1.54, 1.807) is 0 Å². The topological polar surface area (TPSA) is 78.9 Å². The van der Waals surface area contributed by atoms with Gasteiger partial charge in [-0.3, -0.25) is 14.4 Å². The van der Waals surface area contributed by atoms with Crippen LogP contribution in [0.5, 0.6) is 0 Å². The predicted molar refractivity (Wildman–Crippen MR) is 316 cm³/mol. The average molecular weight is 1010 g/mol. The molecule has 0 saturated heterocycles. The number of rotatable bonds is 53. The number of allylic oxidation sites excluding steroid dienone is 20. The second-order valence-corrected chi connectivity index (χ2v) is 19.5. The number of carbonyl (C=O) groups is 3. The summed E-state index contributed by atoms with van der Waals surface area (Å²) in [6.45, 7) is 6.41. The lowest BCUT2D eigenvalue weighted by Crippen LogP contribution is -2.30. The van der Waals surface area contributed by atoms with Crippen LogP contribution in [-0.2, 0) is 28.6 Å². The molecule has 0 spiro atoms. The van der Waals surface area contributed by atoms with Gasteiger partial charge >= 0.3 is 17.9 Å². The minimum Gasteiger partial charge on any atom is -0.462 e. The fraction of sp³-hybridized carbons (Fsp3) is 0.657. The Bertz CT molecular complexity index is 1540. The molecule has 0 saturated carbocycles. The van der Waals surface area contributed by atoms with Crippen LogP contribution in [0.3, 0.4) is 0 Å². The number of ether oxygens (including phenoxy) is 3. The molecule has 0 amide bonds. The van der Waals surface area contributed by atoms with Crippen LogP contribution in [0.25, 0.3) is 0 Å². The molecule has 0 radical (unpaired) electrons. The third-order valence-electron chi connectivity index (χ3n) is 12.5. The van der Waals surface area contributed by atoms with Gasteiger partial charge in [-0.2, -0.15) is 0 Å². The smallest absolute Gasteiger partial charge is 0.306 e. The highest BCUT2D eigenvalue weighted by atomic mass is 16.6. The summed E-state index contributed by atoms with van der Waals surface area (Å²) in [7, 11) is 0. The van der Waals surface area contributed by atoms with Gasteiger partial charge in [0.1, 0.15) is 13.2 Å². The van der Waals surface area contributed by atoms with E-state index in [1.165, 1.54) is 128 Å². The van der Waals surface area contributed by atoms with Crippen LogP contribution in [0, 0.1) is 0 Å². The number of unbranched alkanes of at least 4 members (excludes halogenated alkanes) is 23. The third kappa shape index (κ3) is 58.6. The molecular formula is C67H110O6. The van der Waals surface area contributed by atoms with Crippen molar-refractivity contribution in [2.24, 2.45) is 0 Å². The SMILES string of the molecule is CC/C=C\C/C=C\C/C=C\C/C=C\C/C=C\C/C=C\CCC(=O)OCC(COC(=O)CCCCCCCCC/C=C\C/C=C\CCCCC)OC(=O)CCCCCCCCCCCC/C=C\C=C/CCCCC. The average Bonchev–Trinajstić information content (AvgIpc) is 3.39. The zero-order valence-corrected chi connectivity index (χ0v) is 47.4. The Hall–Kier alpha value is -4.19. The molecule has 0 bridgehead atoms. The quantitative estimate of drug-likeness (QED) is 0.0199. The summed E-state index contributed by atoms with van der Waals surface area (Å²) >= 11 is 0. The molecule has 73 heavy (non-hydrogen) atoms. The van der Waals surface area contributed by atoms with Gasteiger partial charge < -0.3 is 14.2 Å². The van der Waals surface area contributed by atoms with Crippen LogP contribution < -0.4 is 0 Å². The molecule has 0 heterocycles. The van der Waals surface area contributed by atoms with E-state index in [2.05, 4.69) is 136 Å². The van der Waals surface area contributed by atoms with Crippen molar-refractivity contribution in [2.45, 2.75) is 271 Å². The van der Waals surface area contributed by atoms with Crippen LogP contribution in [0.1, 0.15) is 265 Å². The normalized spacial score (nSPS) is 13.0. The lowest BCUT2D eigenvalue weighted by atomic mass is 10.1. The van der Waals surface area contributed by atoms with Crippen LogP contribution in [0.2, 0.25) is 0 Å². The molecule has 0 aliphatic heterocycles. The second kappa shape index (κ2) is 60.4.